The summed E-state index contributed by atoms with van der Waals surface area (Å²) in [6, 6.07) is 3.22. The largest absolute Gasteiger partial charge is 0.480 e. The number of aromatic amines is 1. The van der Waals surface area contributed by atoms with Crippen LogP contribution in [0.5, 0.6) is 0 Å². The summed E-state index contributed by atoms with van der Waals surface area (Å²) in [6.07, 6.45) is 1.27. The zero-order chi connectivity index (χ0) is 28.6. The summed E-state index contributed by atoms with van der Waals surface area (Å²) in [5, 5.41) is 27.7. The monoisotopic (exact) mass is 531 g/mol. The third-order valence-corrected chi connectivity index (χ3v) is 6.18. The molecule has 5 atom stereocenters. The van der Waals surface area contributed by atoms with Gasteiger partial charge in [-0.05, 0) is 49.7 Å². The van der Waals surface area contributed by atoms with Crippen molar-refractivity contribution in [3.05, 3.63) is 36.0 Å². The Balaban J connectivity index is 2.13. The molecule has 0 radical (unpaired) electrons. The summed E-state index contributed by atoms with van der Waals surface area (Å²) >= 11 is 0. The highest BCUT2D eigenvalue weighted by Gasteiger charge is 2.32. The maximum atomic E-state index is 13.3. The molecule has 1 aromatic heterocycles. The number of benzene rings is 1. The second-order valence-electron chi connectivity index (χ2n) is 10.6. The summed E-state index contributed by atoms with van der Waals surface area (Å²) < 4.78 is 0. The maximum Gasteiger partial charge on any atom is 0.328 e. The fraction of sp³-hybridized carbons (Fsp3) is 0.556. The van der Waals surface area contributed by atoms with Gasteiger partial charge < -0.3 is 36.9 Å². The highest BCUT2D eigenvalue weighted by Crippen LogP contribution is 2.19. The molecule has 0 saturated carbocycles. The van der Waals surface area contributed by atoms with Gasteiger partial charge in [-0.3, -0.25) is 14.4 Å². The molecule has 0 saturated heterocycles. The molecular weight excluding hydrogens is 490 g/mol. The molecule has 38 heavy (non-hydrogen) atoms. The zero-order valence-corrected chi connectivity index (χ0v) is 22.7. The minimum absolute atomic E-state index is 0.0105. The lowest BCUT2D eigenvalue weighted by molar-refractivity contribution is -0.145. The van der Waals surface area contributed by atoms with Crippen molar-refractivity contribution in [3.8, 4) is 0 Å². The second-order valence-corrected chi connectivity index (χ2v) is 10.6. The van der Waals surface area contributed by atoms with Gasteiger partial charge in [0.2, 0.25) is 17.7 Å². The van der Waals surface area contributed by atoms with Crippen LogP contribution in [0.3, 0.4) is 0 Å². The van der Waals surface area contributed by atoms with Crippen molar-refractivity contribution < 1.29 is 29.4 Å². The number of nitrogens with two attached hydrogens (primary N) is 1. The number of amides is 3. The van der Waals surface area contributed by atoms with Crippen LogP contribution in [0.1, 0.15) is 53.0 Å². The summed E-state index contributed by atoms with van der Waals surface area (Å²) in [5.41, 5.74) is 8.02. The van der Waals surface area contributed by atoms with Gasteiger partial charge in [0.1, 0.15) is 12.1 Å². The molecule has 11 nitrogen and oxygen atoms in total. The molecule has 1 aromatic carbocycles. The summed E-state index contributed by atoms with van der Waals surface area (Å²) in [4.78, 5) is 53.7. The number of rotatable bonds is 14. The van der Waals surface area contributed by atoms with Gasteiger partial charge >= 0.3 is 5.97 Å². The van der Waals surface area contributed by atoms with Crippen LogP contribution >= 0.6 is 0 Å². The van der Waals surface area contributed by atoms with E-state index in [1.54, 1.807) is 0 Å². The van der Waals surface area contributed by atoms with Crippen molar-refractivity contribution in [2.45, 2.75) is 84.2 Å². The third kappa shape index (κ3) is 8.84. The highest BCUT2D eigenvalue weighted by atomic mass is 16.4. The lowest BCUT2D eigenvalue weighted by atomic mass is 9.99. The van der Waals surface area contributed by atoms with Crippen molar-refractivity contribution in [1.29, 1.82) is 0 Å². The number of hydrogen-bond donors (Lipinski definition) is 7. The molecule has 1 heterocycles. The average Bonchev–Trinajstić information content (AvgIpc) is 3.23. The van der Waals surface area contributed by atoms with Gasteiger partial charge in [-0.25, -0.2) is 4.79 Å². The Morgan fingerprint density at radius 3 is 1.92 bits per heavy atom. The fourth-order valence-corrected chi connectivity index (χ4v) is 4.23. The Hall–Kier alpha value is -3.44. The van der Waals surface area contributed by atoms with Crippen LogP contribution in [-0.2, 0) is 25.6 Å². The summed E-state index contributed by atoms with van der Waals surface area (Å²) in [7, 11) is 0. The minimum Gasteiger partial charge on any atom is -0.480 e. The first kappa shape index (κ1) is 30.8. The number of aliphatic carboxylic acids is 1. The van der Waals surface area contributed by atoms with Crippen molar-refractivity contribution >= 4 is 34.6 Å². The molecule has 3 amide bonds. The van der Waals surface area contributed by atoms with Gasteiger partial charge in [-0.1, -0.05) is 45.9 Å². The van der Waals surface area contributed by atoms with E-state index < -0.39 is 54.0 Å². The lowest BCUT2D eigenvalue weighted by Crippen LogP contribution is -2.58. The number of carbonyl (C=O) groups excluding carboxylic acids is 3. The van der Waals surface area contributed by atoms with E-state index in [1.807, 2.05) is 58.2 Å². The molecule has 11 heteroatoms. The number of para-hydroxylation sites is 1. The number of carboxylic acids is 1. The van der Waals surface area contributed by atoms with Crippen molar-refractivity contribution in [3.63, 3.8) is 0 Å². The van der Waals surface area contributed by atoms with E-state index in [4.69, 9.17) is 5.73 Å². The summed E-state index contributed by atoms with van der Waals surface area (Å²) in [5.74, 6) is -3.16. The molecule has 0 aliphatic heterocycles. The normalized spacial score (nSPS) is 15.5. The molecule has 5 unspecified atom stereocenters. The van der Waals surface area contributed by atoms with Gasteiger partial charge in [0, 0.05) is 17.1 Å². The Labute approximate surface area is 222 Å². The quantitative estimate of drug-likeness (QED) is 0.190. The van der Waals surface area contributed by atoms with E-state index >= 15 is 0 Å². The Bertz CT molecular complexity index is 1110. The van der Waals surface area contributed by atoms with Gasteiger partial charge in [-0.15, -0.1) is 0 Å². The Morgan fingerprint density at radius 2 is 1.39 bits per heavy atom. The van der Waals surface area contributed by atoms with Gasteiger partial charge in [0.25, 0.3) is 0 Å². The first-order valence-corrected chi connectivity index (χ1v) is 12.9. The van der Waals surface area contributed by atoms with Crippen LogP contribution in [0.4, 0.5) is 0 Å². The van der Waals surface area contributed by atoms with Crippen LogP contribution in [0.25, 0.3) is 10.9 Å². The van der Waals surface area contributed by atoms with Crippen LogP contribution in [0, 0.1) is 11.8 Å². The second kappa shape index (κ2) is 13.9. The number of nitrogens with one attached hydrogen (secondary N) is 4. The Morgan fingerprint density at radius 1 is 0.868 bits per heavy atom. The molecule has 2 rings (SSSR count). The number of fused-ring (bicyclic) bond motifs is 1. The van der Waals surface area contributed by atoms with E-state index in [0.29, 0.717) is 6.42 Å². The lowest BCUT2D eigenvalue weighted by Gasteiger charge is -2.27. The predicted octanol–water partition coefficient (Wildman–Crippen LogP) is 1.05. The maximum absolute atomic E-state index is 13.3. The van der Waals surface area contributed by atoms with Crippen LogP contribution in [0.2, 0.25) is 0 Å². The fourth-order valence-electron chi connectivity index (χ4n) is 4.23. The summed E-state index contributed by atoms with van der Waals surface area (Å²) in [6.45, 7) is 8.76. The first-order chi connectivity index (χ1) is 17.8. The van der Waals surface area contributed by atoms with Crippen molar-refractivity contribution in [1.82, 2.24) is 20.9 Å². The van der Waals surface area contributed by atoms with Gasteiger partial charge in [-0.2, -0.15) is 0 Å². The predicted molar refractivity (Wildman–Crippen MR) is 144 cm³/mol. The SMILES string of the molecule is CC(C)CC(NC(=O)C(N)Cc1c[nH]c2ccccc12)C(=O)NC(CC(C)C)C(=O)NC(C(=O)O)C(C)O. The molecular formula is C27H41N5O6. The topological polar surface area (TPSA) is 187 Å². The smallest absolute Gasteiger partial charge is 0.328 e. The first-order valence-electron chi connectivity index (χ1n) is 12.9. The molecule has 210 valence electrons. The Kier molecular flexibility index (Phi) is 11.3. The van der Waals surface area contributed by atoms with E-state index in [0.717, 1.165) is 16.5 Å². The van der Waals surface area contributed by atoms with Gasteiger partial charge in [0.15, 0.2) is 6.04 Å². The third-order valence-electron chi connectivity index (χ3n) is 6.18. The molecule has 0 aliphatic carbocycles. The zero-order valence-electron chi connectivity index (χ0n) is 22.7. The van der Waals surface area contributed by atoms with Crippen LogP contribution in [0.15, 0.2) is 30.5 Å². The molecule has 0 bridgehead atoms. The molecule has 0 aliphatic rings. The van der Waals surface area contributed by atoms with Crippen LogP contribution in [-0.4, -0.2) is 69.2 Å². The van der Waals surface area contributed by atoms with E-state index in [2.05, 4.69) is 20.9 Å². The number of carbonyl (C=O) groups is 4. The number of aliphatic hydroxyl groups excluding tert-OH is 1. The van der Waals surface area contributed by atoms with E-state index in [9.17, 15) is 29.4 Å². The van der Waals surface area contributed by atoms with E-state index in [1.165, 1.54) is 6.92 Å². The number of aromatic nitrogens is 1. The van der Waals surface area contributed by atoms with Crippen molar-refractivity contribution in [2.24, 2.45) is 17.6 Å². The standard InChI is InChI=1S/C27H41N5O6/c1-14(2)10-21(30-24(34)19(28)12-17-13-29-20-9-7-6-8-18(17)20)25(35)31-22(11-15(3)4)26(36)32-23(16(5)33)27(37)38/h6-9,13-16,19,21-23,29,33H,10-12,28H2,1-5H3,(H,30,34)(H,31,35)(H,32,36)(H,37,38). The highest BCUT2D eigenvalue weighted by molar-refractivity contribution is 5.94. The van der Waals surface area contributed by atoms with E-state index in [-0.39, 0.29) is 24.7 Å². The minimum atomic E-state index is -1.53. The number of hydrogen-bond acceptors (Lipinski definition) is 6. The average molecular weight is 532 g/mol. The number of carboxylic acid groups (broad SMARTS) is 1. The molecule has 0 spiro atoms. The van der Waals surface area contributed by atoms with Crippen LogP contribution < -0.4 is 21.7 Å². The van der Waals surface area contributed by atoms with Gasteiger partial charge in [0.05, 0.1) is 12.1 Å². The van der Waals surface area contributed by atoms with Crippen molar-refractivity contribution in [2.75, 3.05) is 0 Å². The number of aliphatic hydroxyl groups is 1. The molecule has 2 aromatic rings. The number of H-pyrrole nitrogens is 1. The molecule has 8 N–H and O–H groups in total. The molecule has 0 fully saturated rings.